The molecule has 3 rings (SSSR count). The highest BCUT2D eigenvalue weighted by atomic mass is 16.5. The van der Waals surface area contributed by atoms with Crippen LogP contribution in [0.15, 0.2) is 54.7 Å². The van der Waals surface area contributed by atoms with Gasteiger partial charge in [-0.3, -0.25) is 0 Å². The van der Waals surface area contributed by atoms with Gasteiger partial charge in [0.2, 0.25) is 0 Å². The summed E-state index contributed by atoms with van der Waals surface area (Å²) in [6, 6.07) is 16.3. The van der Waals surface area contributed by atoms with E-state index in [1.807, 2.05) is 37.5 Å². The number of benzene rings is 2. The molecule has 0 unspecified atom stereocenters. The van der Waals surface area contributed by atoms with E-state index < -0.39 is 0 Å². The highest BCUT2D eigenvalue weighted by Gasteiger charge is 2.05. The third-order valence-corrected chi connectivity index (χ3v) is 3.14. The fourth-order valence-corrected chi connectivity index (χ4v) is 2.10. The second kappa shape index (κ2) is 4.22. The molecule has 0 aliphatic rings. The zero-order valence-corrected chi connectivity index (χ0v) is 10.6. The summed E-state index contributed by atoms with van der Waals surface area (Å²) in [7, 11) is 2.04. The van der Waals surface area contributed by atoms with Crippen LogP contribution in [0.4, 0.5) is 0 Å². The normalized spacial score (nSPS) is 10.8. The third kappa shape index (κ3) is 1.86. The number of aryl methyl sites for hydroxylation is 2. The molecule has 1 heterocycles. The topological polar surface area (TPSA) is 14.2 Å². The maximum Gasteiger partial charge on any atom is 0.136 e. The molecule has 0 atom stereocenters. The van der Waals surface area contributed by atoms with Crippen molar-refractivity contribution >= 4 is 10.9 Å². The van der Waals surface area contributed by atoms with E-state index >= 15 is 0 Å². The molecule has 0 saturated carbocycles. The molecule has 0 fully saturated rings. The lowest BCUT2D eigenvalue weighted by Gasteiger charge is -2.07. The number of hydrogen-bond acceptors (Lipinski definition) is 1. The van der Waals surface area contributed by atoms with E-state index in [4.69, 9.17) is 4.74 Å². The van der Waals surface area contributed by atoms with Gasteiger partial charge in [0.25, 0.3) is 0 Å². The van der Waals surface area contributed by atoms with Crippen LogP contribution in [0, 0.1) is 6.92 Å². The van der Waals surface area contributed by atoms with Crippen LogP contribution in [-0.2, 0) is 7.05 Å². The van der Waals surface area contributed by atoms with Gasteiger partial charge in [0, 0.05) is 18.6 Å². The van der Waals surface area contributed by atoms with Gasteiger partial charge in [0.15, 0.2) is 0 Å². The predicted molar refractivity (Wildman–Crippen MR) is 74.2 cm³/mol. The molecule has 0 aliphatic heterocycles. The quantitative estimate of drug-likeness (QED) is 0.649. The smallest absolute Gasteiger partial charge is 0.136 e. The Morgan fingerprint density at radius 2 is 1.72 bits per heavy atom. The fourth-order valence-electron chi connectivity index (χ4n) is 2.10. The lowest BCUT2D eigenvalue weighted by Crippen LogP contribution is -1.87. The largest absolute Gasteiger partial charge is 0.457 e. The van der Waals surface area contributed by atoms with Crippen LogP contribution >= 0.6 is 0 Å². The monoisotopic (exact) mass is 237 g/mol. The highest BCUT2D eigenvalue weighted by Crippen LogP contribution is 2.30. The van der Waals surface area contributed by atoms with Gasteiger partial charge in [-0.25, -0.2) is 0 Å². The summed E-state index contributed by atoms with van der Waals surface area (Å²) in [5, 5.41) is 1.14. The Morgan fingerprint density at radius 3 is 2.50 bits per heavy atom. The number of hydrogen-bond donors (Lipinski definition) is 0. The molecular formula is C16H15NO. The SMILES string of the molecule is Cc1ccc(Oc2cccc3c2ccn3C)cc1. The summed E-state index contributed by atoms with van der Waals surface area (Å²) in [4.78, 5) is 0. The molecule has 90 valence electrons. The zero-order chi connectivity index (χ0) is 12.5. The van der Waals surface area contributed by atoms with Gasteiger partial charge >= 0.3 is 0 Å². The average molecular weight is 237 g/mol. The van der Waals surface area contributed by atoms with Gasteiger partial charge in [-0.15, -0.1) is 0 Å². The minimum Gasteiger partial charge on any atom is -0.457 e. The first kappa shape index (κ1) is 10.9. The first-order valence-electron chi connectivity index (χ1n) is 6.02. The van der Waals surface area contributed by atoms with Crippen molar-refractivity contribution in [2.75, 3.05) is 0 Å². The molecule has 18 heavy (non-hydrogen) atoms. The van der Waals surface area contributed by atoms with Crippen LogP contribution in [0.25, 0.3) is 10.9 Å². The van der Waals surface area contributed by atoms with E-state index in [-0.39, 0.29) is 0 Å². The summed E-state index contributed by atoms with van der Waals surface area (Å²) in [5.41, 5.74) is 2.42. The van der Waals surface area contributed by atoms with Crippen molar-refractivity contribution in [1.29, 1.82) is 0 Å². The van der Waals surface area contributed by atoms with Crippen molar-refractivity contribution in [1.82, 2.24) is 4.57 Å². The minimum absolute atomic E-state index is 0.872. The molecule has 0 N–H and O–H groups in total. The first-order chi connectivity index (χ1) is 8.74. The number of nitrogens with zero attached hydrogens (tertiary/aromatic N) is 1. The van der Waals surface area contributed by atoms with E-state index in [1.165, 1.54) is 11.1 Å². The van der Waals surface area contributed by atoms with E-state index in [0.717, 1.165) is 16.9 Å². The maximum atomic E-state index is 5.95. The lowest BCUT2D eigenvalue weighted by molar-refractivity contribution is 0.488. The maximum absolute atomic E-state index is 5.95. The van der Waals surface area contributed by atoms with E-state index in [1.54, 1.807) is 0 Å². The van der Waals surface area contributed by atoms with E-state index in [0.29, 0.717) is 0 Å². The molecule has 0 bridgehead atoms. The van der Waals surface area contributed by atoms with Crippen LogP contribution in [0.3, 0.4) is 0 Å². The molecule has 0 amide bonds. The number of fused-ring (bicyclic) bond motifs is 1. The molecule has 2 heteroatoms. The Kier molecular flexibility index (Phi) is 2.56. The molecule has 2 nitrogen and oxygen atoms in total. The summed E-state index contributed by atoms with van der Waals surface area (Å²) < 4.78 is 8.04. The van der Waals surface area contributed by atoms with Crippen molar-refractivity contribution < 1.29 is 4.74 Å². The van der Waals surface area contributed by atoms with Gasteiger partial charge < -0.3 is 9.30 Å². The van der Waals surface area contributed by atoms with Crippen LogP contribution in [-0.4, -0.2) is 4.57 Å². The molecule has 0 spiro atoms. The molecule has 3 aromatic rings. The second-order valence-corrected chi connectivity index (χ2v) is 4.53. The molecule has 2 aromatic carbocycles. The number of aromatic nitrogens is 1. The van der Waals surface area contributed by atoms with Crippen molar-refractivity contribution in [3.8, 4) is 11.5 Å². The Bertz CT molecular complexity index is 680. The number of rotatable bonds is 2. The first-order valence-corrected chi connectivity index (χ1v) is 6.02. The van der Waals surface area contributed by atoms with Crippen LogP contribution in [0.1, 0.15) is 5.56 Å². The van der Waals surface area contributed by atoms with Crippen LogP contribution < -0.4 is 4.74 Å². The summed E-state index contributed by atoms with van der Waals surface area (Å²) >= 11 is 0. The van der Waals surface area contributed by atoms with Crippen LogP contribution in [0.2, 0.25) is 0 Å². The zero-order valence-electron chi connectivity index (χ0n) is 10.6. The Labute approximate surface area is 106 Å². The summed E-state index contributed by atoms with van der Waals surface area (Å²) in [6.45, 7) is 2.07. The summed E-state index contributed by atoms with van der Waals surface area (Å²) in [5.74, 6) is 1.77. The predicted octanol–water partition coefficient (Wildman–Crippen LogP) is 4.28. The molecule has 0 aliphatic carbocycles. The summed E-state index contributed by atoms with van der Waals surface area (Å²) in [6.07, 6.45) is 2.05. The van der Waals surface area contributed by atoms with Gasteiger partial charge in [-0.1, -0.05) is 23.8 Å². The molecule has 0 radical (unpaired) electrons. The minimum atomic E-state index is 0.872. The van der Waals surface area contributed by atoms with Gasteiger partial charge in [0.1, 0.15) is 11.5 Å². The van der Waals surface area contributed by atoms with E-state index in [9.17, 15) is 0 Å². The Balaban J connectivity index is 2.02. The number of ether oxygens (including phenoxy) is 1. The van der Waals surface area contributed by atoms with Gasteiger partial charge in [0.05, 0.1) is 5.52 Å². The van der Waals surface area contributed by atoms with Crippen molar-refractivity contribution in [2.24, 2.45) is 7.05 Å². The molecule has 1 aromatic heterocycles. The van der Waals surface area contributed by atoms with E-state index in [2.05, 4.69) is 35.8 Å². The third-order valence-electron chi connectivity index (χ3n) is 3.14. The Morgan fingerprint density at radius 1 is 0.944 bits per heavy atom. The second-order valence-electron chi connectivity index (χ2n) is 4.53. The van der Waals surface area contributed by atoms with Crippen molar-refractivity contribution in [3.63, 3.8) is 0 Å². The van der Waals surface area contributed by atoms with Crippen molar-refractivity contribution in [3.05, 3.63) is 60.3 Å². The molecule has 0 saturated heterocycles. The standard InChI is InChI=1S/C16H15NO/c1-12-6-8-13(9-7-12)18-16-5-3-4-15-14(16)10-11-17(15)2/h3-11H,1-2H3. The van der Waals surface area contributed by atoms with Gasteiger partial charge in [-0.2, -0.15) is 0 Å². The lowest BCUT2D eigenvalue weighted by atomic mass is 10.2. The van der Waals surface area contributed by atoms with Crippen LogP contribution in [0.5, 0.6) is 11.5 Å². The van der Waals surface area contributed by atoms with Gasteiger partial charge in [-0.05, 0) is 37.3 Å². The fraction of sp³-hybridized carbons (Fsp3) is 0.125. The Hall–Kier alpha value is -2.22. The van der Waals surface area contributed by atoms with Crippen molar-refractivity contribution in [2.45, 2.75) is 6.92 Å². The highest BCUT2D eigenvalue weighted by molar-refractivity contribution is 5.86. The average Bonchev–Trinajstić information content (AvgIpc) is 2.76. The molecular weight excluding hydrogens is 222 g/mol.